The number of rotatable bonds is 2. The van der Waals surface area contributed by atoms with Crippen LogP contribution in [0, 0.1) is 0 Å². The summed E-state index contributed by atoms with van der Waals surface area (Å²) >= 11 is 0. The number of aromatic hydroxyl groups is 2. The number of likely N-dealkylation sites (N-methyl/N-ethyl adjacent to an activating group) is 2. The van der Waals surface area contributed by atoms with Crippen molar-refractivity contribution in [2.24, 2.45) is 0 Å². The lowest BCUT2D eigenvalue weighted by Gasteiger charge is -2.36. The highest BCUT2D eigenvalue weighted by Crippen LogP contribution is 2.51. The van der Waals surface area contributed by atoms with Crippen molar-refractivity contribution in [1.82, 2.24) is 9.80 Å². The Morgan fingerprint density at radius 1 is 0.705 bits per heavy atom. The van der Waals surface area contributed by atoms with Gasteiger partial charge in [-0.15, -0.1) is 0 Å². The van der Waals surface area contributed by atoms with Gasteiger partial charge in [0.25, 0.3) is 0 Å². The summed E-state index contributed by atoms with van der Waals surface area (Å²) < 4.78 is 24.6. The summed E-state index contributed by atoms with van der Waals surface area (Å²) in [6.45, 7) is 1.71. The summed E-state index contributed by atoms with van der Waals surface area (Å²) in [4.78, 5) is 4.64. The molecule has 4 aromatic carbocycles. The summed E-state index contributed by atoms with van der Waals surface area (Å²) in [6.07, 6.45) is 3.00. The number of nitrogens with zero attached hydrogens (tertiary/aromatic N) is 2. The molecule has 4 aromatic rings. The Balaban J connectivity index is 1.43. The number of methoxy groups -OCH3 is 2. The minimum atomic E-state index is -0.0375. The van der Waals surface area contributed by atoms with E-state index in [9.17, 15) is 10.2 Å². The summed E-state index contributed by atoms with van der Waals surface area (Å²) in [6, 6.07) is 19.9. The van der Waals surface area contributed by atoms with E-state index < -0.39 is 0 Å². The van der Waals surface area contributed by atoms with Gasteiger partial charge in [0.15, 0.2) is 23.0 Å². The summed E-state index contributed by atoms with van der Waals surface area (Å²) in [7, 11) is 7.37. The van der Waals surface area contributed by atoms with Crippen molar-refractivity contribution in [2.75, 3.05) is 41.4 Å². The largest absolute Gasteiger partial charge is 0.504 e. The zero-order valence-corrected chi connectivity index (χ0v) is 25.6. The lowest BCUT2D eigenvalue weighted by molar-refractivity contribution is 0.221. The second-order valence-electron chi connectivity index (χ2n) is 12.1. The van der Waals surface area contributed by atoms with Crippen LogP contribution >= 0.6 is 0 Å². The summed E-state index contributed by atoms with van der Waals surface area (Å²) in [5.41, 5.74) is 6.35. The number of benzene rings is 4. The first-order chi connectivity index (χ1) is 21.3. The van der Waals surface area contributed by atoms with E-state index in [1.54, 1.807) is 14.2 Å². The normalized spacial score (nSPS) is 19.6. The SMILES string of the molecule is COc1cc2c3c(c1O)Oc1cccc(c1)C[C@@H]1c4c(cc(O)c(OC)c4Oc4ccc(cc4)C[C@H]3N(C)CC2)CCN1C. The Morgan fingerprint density at radius 3 is 2.02 bits per heavy atom. The van der Waals surface area contributed by atoms with Gasteiger partial charge >= 0.3 is 0 Å². The monoisotopic (exact) mass is 594 g/mol. The van der Waals surface area contributed by atoms with E-state index >= 15 is 0 Å². The fraction of sp³-hybridized carbons (Fsp3) is 0.333. The third-order valence-electron chi connectivity index (χ3n) is 9.43. The molecule has 8 heteroatoms. The van der Waals surface area contributed by atoms with Crippen molar-refractivity contribution in [3.63, 3.8) is 0 Å². The zero-order valence-electron chi connectivity index (χ0n) is 25.6. The molecule has 4 heterocycles. The van der Waals surface area contributed by atoms with Crippen LogP contribution in [0.25, 0.3) is 0 Å². The third-order valence-corrected chi connectivity index (χ3v) is 9.43. The maximum absolute atomic E-state index is 11.4. The number of fused-ring (bicyclic) bond motifs is 2. The van der Waals surface area contributed by atoms with Gasteiger partial charge < -0.3 is 29.2 Å². The lowest BCUT2D eigenvalue weighted by Crippen LogP contribution is -2.34. The molecule has 2 atom stereocenters. The Labute approximate surface area is 258 Å². The average molecular weight is 595 g/mol. The molecule has 0 radical (unpaired) electrons. The molecule has 4 aliphatic heterocycles. The van der Waals surface area contributed by atoms with Gasteiger partial charge in [-0.05, 0) is 98.4 Å². The Morgan fingerprint density at radius 2 is 1.34 bits per heavy atom. The molecule has 0 aliphatic carbocycles. The highest BCUT2D eigenvalue weighted by molar-refractivity contribution is 5.63. The molecule has 0 saturated carbocycles. The first-order valence-electron chi connectivity index (χ1n) is 15.1. The van der Waals surface area contributed by atoms with Crippen LogP contribution in [-0.4, -0.2) is 61.4 Å². The topological polar surface area (TPSA) is 83.9 Å². The van der Waals surface area contributed by atoms with Crippen LogP contribution in [-0.2, 0) is 25.7 Å². The van der Waals surface area contributed by atoms with Crippen LogP contribution in [0.3, 0.4) is 0 Å². The lowest BCUT2D eigenvalue weighted by atomic mass is 9.87. The maximum Gasteiger partial charge on any atom is 0.204 e. The molecule has 228 valence electrons. The van der Waals surface area contributed by atoms with E-state index in [1.807, 2.05) is 42.5 Å². The van der Waals surface area contributed by atoms with Crippen molar-refractivity contribution in [3.05, 3.63) is 94.0 Å². The van der Waals surface area contributed by atoms with Gasteiger partial charge in [-0.2, -0.15) is 0 Å². The quantitative estimate of drug-likeness (QED) is 0.270. The van der Waals surface area contributed by atoms with Crippen LogP contribution in [0.1, 0.15) is 45.5 Å². The standard InChI is InChI=1S/C36H38N2O6/c1-37-15-13-24-20-30(41-3)33(40)35-31(24)27(37)17-21-8-10-25(11-9-21)43-36-32-23(19-29(39)34(36)42-4)12-14-38(2)28(32)18-22-6-5-7-26(16-22)44-35/h5-11,16,19-20,27-28,39-40H,12-15,17-18H2,1-4H3/t27-,28-/m1/s1. The van der Waals surface area contributed by atoms with Crippen LogP contribution in [0.4, 0.5) is 0 Å². The van der Waals surface area contributed by atoms with Crippen molar-refractivity contribution in [1.29, 1.82) is 0 Å². The van der Waals surface area contributed by atoms with Crippen molar-refractivity contribution < 1.29 is 29.2 Å². The highest BCUT2D eigenvalue weighted by atomic mass is 16.5. The molecule has 8 rings (SSSR count). The van der Waals surface area contributed by atoms with E-state index in [2.05, 4.69) is 42.1 Å². The fourth-order valence-corrected chi connectivity index (χ4v) is 7.06. The summed E-state index contributed by atoms with van der Waals surface area (Å²) in [5, 5.41) is 22.4. The molecule has 8 nitrogen and oxygen atoms in total. The number of hydrogen-bond acceptors (Lipinski definition) is 8. The number of ether oxygens (including phenoxy) is 4. The minimum absolute atomic E-state index is 0.0103. The molecule has 0 aromatic heterocycles. The van der Waals surface area contributed by atoms with E-state index in [4.69, 9.17) is 18.9 Å². The first-order valence-corrected chi connectivity index (χ1v) is 15.1. The maximum atomic E-state index is 11.4. The predicted molar refractivity (Wildman–Crippen MR) is 168 cm³/mol. The number of phenolic OH excluding ortho intramolecular Hbond substituents is 2. The van der Waals surface area contributed by atoms with Crippen LogP contribution in [0.5, 0.6) is 46.0 Å². The second kappa shape index (κ2) is 11.3. The molecule has 0 fully saturated rings. The molecule has 44 heavy (non-hydrogen) atoms. The third kappa shape index (κ3) is 4.88. The van der Waals surface area contributed by atoms with Gasteiger partial charge in [0.1, 0.15) is 11.5 Å². The smallest absolute Gasteiger partial charge is 0.204 e. The molecule has 4 bridgehead atoms. The zero-order chi connectivity index (χ0) is 30.5. The highest BCUT2D eigenvalue weighted by Gasteiger charge is 2.34. The first kappa shape index (κ1) is 28.4. The molecule has 4 aliphatic rings. The van der Waals surface area contributed by atoms with Crippen molar-refractivity contribution in [2.45, 2.75) is 37.8 Å². The molecular weight excluding hydrogens is 556 g/mol. The average Bonchev–Trinajstić information content (AvgIpc) is 3.02. The molecular formula is C36H38N2O6. The summed E-state index contributed by atoms with van der Waals surface area (Å²) in [5.74, 6) is 3.14. The van der Waals surface area contributed by atoms with Gasteiger partial charge in [-0.3, -0.25) is 9.80 Å². The molecule has 0 unspecified atom stereocenters. The number of hydrogen-bond donors (Lipinski definition) is 2. The van der Waals surface area contributed by atoms with E-state index in [0.29, 0.717) is 47.3 Å². The van der Waals surface area contributed by atoms with Gasteiger partial charge in [0, 0.05) is 36.3 Å². The fourth-order valence-electron chi connectivity index (χ4n) is 7.06. The van der Waals surface area contributed by atoms with Gasteiger partial charge in [-0.1, -0.05) is 24.3 Å². The van der Waals surface area contributed by atoms with Crippen molar-refractivity contribution in [3.8, 4) is 46.0 Å². The van der Waals surface area contributed by atoms with Gasteiger partial charge in [0.05, 0.1) is 14.2 Å². The minimum Gasteiger partial charge on any atom is -0.504 e. The Kier molecular flexibility index (Phi) is 7.26. The predicted octanol–water partition coefficient (Wildman–Crippen LogP) is 6.56. The van der Waals surface area contributed by atoms with E-state index in [1.165, 1.54) is 0 Å². The van der Waals surface area contributed by atoms with Crippen LogP contribution in [0.15, 0.2) is 60.7 Å². The molecule has 0 saturated heterocycles. The Bertz CT molecular complexity index is 1720. The van der Waals surface area contributed by atoms with Crippen LogP contribution in [0.2, 0.25) is 0 Å². The van der Waals surface area contributed by atoms with Crippen LogP contribution < -0.4 is 18.9 Å². The van der Waals surface area contributed by atoms with E-state index in [0.717, 1.165) is 59.3 Å². The second-order valence-corrected chi connectivity index (χ2v) is 12.1. The van der Waals surface area contributed by atoms with Gasteiger partial charge in [0.2, 0.25) is 11.5 Å². The molecule has 0 amide bonds. The molecule has 0 spiro atoms. The Hall–Kier alpha value is -4.40. The van der Waals surface area contributed by atoms with Crippen molar-refractivity contribution >= 4 is 0 Å². The number of phenols is 2. The van der Waals surface area contributed by atoms with Gasteiger partial charge in [-0.25, -0.2) is 0 Å². The van der Waals surface area contributed by atoms with E-state index in [-0.39, 0.29) is 23.6 Å². The molecule has 2 N–H and O–H groups in total.